The first kappa shape index (κ1) is 17.7. The molecule has 0 fully saturated rings. The molecule has 0 saturated carbocycles. The van der Waals surface area contributed by atoms with Crippen molar-refractivity contribution in [2.45, 2.75) is 6.92 Å². The van der Waals surface area contributed by atoms with Gasteiger partial charge >= 0.3 is 0 Å². The van der Waals surface area contributed by atoms with Crippen molar-refractivity contribution in [3.8, 4) is 21.7 Å². The smallest absolute Gasteiger partial charge is 0.210 e. The number of rotatable bonds is 4. The largest absolute Gasteiger partial charge is 0.227 e. The van der Waals surface area contributed by atoms with Crippen molar-refractivity contribution in [1.82, 2.24) is 4.98 Å². The van der Waals surface area contributed by atoms with Gasteiger partial charge in [-0.2, -0.15) is 0 Å². The average Bonchev–Trinajstić information content (AvgIpc) is 3.13. The topological polar surface area (TPSA) is 25.2 Å². The van der Waals surface area contributed by atoms with E-state index in [1.54, 1.807) is 11.3 Å². The van der Waals surface area contributed by atoms with E-state index >= 15 is 0 Å². The molecular weight excluding hydrogens is 372 g/mol. The quantitative estimate of drug-likeness (QED) is 0.339. The highest BCUT2D eigenvalue weighted by atomic mass is 35.5. The van der Waals surface area contributed by atoms with Crippen LogP contribution in [0.4, 0.5) is 5.13 Å². The van der Waals surface area contributed by atoms with E-state index in [-0.39, 0.29) is 0 Å². The Morgan fingerprint density at radius 2 is 1.56 bits per heavy atom. The molecule has 0 N–H and O–H groups in total. The van der Waals surface area contributed by atoms with Gasteiger partial charge in [0.1, 0.15) is 0 Å². The molecule has 4 rings (SSSR count). The Morgan fingerprint density at radius 1 is 0.852 bits per heavy atom. The molecule has 27 heavy (non-hydrogen) atoms. The second kappa shape index (κ2) is 7.87. The first-order valence-electron chi connectivity index (χ1n) is 8.62. The minimum absolute atomic E-state index is 0.716. The molecule has 0 saturated heterocycles. The molecule has 0 aliphatic heterocycles. The fraction of sp³-hybridized carbons (Fsp3) is 0.0435. The summed E-state index contributed by atoms with van der Waals surface area (Å²) in [4.78, 5) is 10.5. The van der Waals surface area contributed by atoms with Gasteiger partial charge in [-0.1, -0.05) is 95.2 Å². The zero-order valence-corrected chi connectivity index (χ0v) is 16.3. The summed E-state index contributed by atoms with van der Waals surface area (Å²) < 4.78 is 0. The Morgan fingerprint density at radius 3 is 2.26 bits per heavy atom. The first-order chi connectivity index (χ1) is 13.2. The van der Waals surface area contributed by atoms with Crippen LogP contribution >= 0.6 is 22.9 Å². The number of nitrogens with zero attached hydrogens (tertiary/aromatic N) is 2. The summed E-state index contributed by atoms with van der Waals surface area (Å²) in [6.07, 6.45) is 1.86. The summed E-state index contributed by atoms with van der Waals surface area (Å²) in [6.45, 7) is 2.08. The lowest BCUT2D eigenvalue weighted by molar-refractivity contribution is 1.36. The molecule has 0 aliphatic carbocycles. The molecular formula is C23H17ClN2S. The van der Waals surface area contributed by atoms with Gasteiger partial charge in [0, 0.05) is 16.8 Å². The van der Waals surface area contributed by atoms with Gasteiger partial charge in [0.2, 0.25) is 5.13 Å². The SMILES string of the molecule is Cc1ccc(C=Nc2nc(-c3ccc(Cl)cc3)c(-c3ccccc3)s2)cc1. The molecule has 2 nitrogen and oxygen atoms in total. The molecule has 0 unspecified atom stereocenters. The van der Waals surface area contributed by atoms with Crippen LogP contribution in [0.15, 0.2) is 83.9 Å². The first-order valence-corrected chi connectivity index (χ1v) is 9.81. The highest BCUT2D eigenvalue weighted by molar-refractivity contribution is 7.19. The third-order valence-electron chi connectivity index (χ3n) is 4.17. The standard InChI is InChI=1S/C23H17ClN2S/c1-16-7-9-17(10-8-16)15-25-23-26-21(18-11-13-20(24)14-12-18)22(27-23)19-5-3-2-4-6-19/h2-15H,1H3. The van der Waals surface area contributed by atoms with Crippen molar-refractivity contribution in [1.29, 1.82) is 0 Å². The molecule has 0 bridgehead atoms. The normalized spacial score (nSPS) is 11.2. The second-order valence-electron chi connectivity index (χ2n) is 6.22. The minimum atomic E-state index is 0.716. The molecule has 0 spiro atoms. The molecule has 0 atom stereocenters. The zero-order chi connectivity index (χ0) is 18.6. The molecule has 4 heteroatoms. The maximum atomic E-state index is 6.05. The van der Waals surface area contributed by atoms with Gasteiger partial charge in [0.15, 0.2) is 0 Å². The summed E-state index contributed by atoms with van der Waals surface area (Å²) in [7, 11) is 0. The lowest BCUT2D eigenvalue weighted by Gasteiger charge is -2.02. The van der Waals surface area contributed by atoms with E-state index in [2.05, 4.69) is 48.3 Å². The lowest BCUT2D eigenvalue weighted by atomic mass is 10.1. The van der Waals surface area contributed by atoms with Crippen molar-refractivity contribution < 1.29 is 0 Å². The van der Waals surface area contributed by atoms with Gasteiger partial charge in [-0.05, 0) is 30.2 Å². The van der Waals surface area contributed by atoms with E-state index in [0.29, 0.717) is 5.02 Å². The predicted octanol–water partition coefficient (Wildman–Crippen LogP) is 7.19. The Hall–Kier alpha value is -2.75. The molecule has 132 valence electrons. The van der Waals surface area contributed by atoms with Crippen molar-refractivity contribution in [2.24, 2.45) is 4.99 Å². The van der Waals surface area contributed by atoms with Crippen molar-refractivity contribution >= 4 is 34.3 Å². The summed E-state index contributed by atoms with van der Waals surface area (Å²) >= 11 is 7.64. The van der Waals surface area contributed by atoms with Crippen LogP contribution in [0.1, 0.15) is 11.1 Å². The zero-order valence-electron chi connectivity index (χ0n) is 14.8. The fourth-order valence-electron chi connectivity index (χ4n) is 2.73. The number of aryl methyl sites for hydroxylation is 1. The van der Waals surface area contributed by atoms with Crippen molar-refractivity contribution in [3.05, 3.63) is 95.0 Å². The number of hydrogen-bond acceptors (Lipinski definition) is 3. The van der Waals surface area contributed by atoms with Crippen molar-refractivity contribution in [2.75, 3.05) is 0 Å². The van der Waals surface area contributed by atoms with Gasteiger partial charge in [0.25, 0.3) is 0 Å². The molecule has 4 aromatic rings. The van der Waals surface area contributed by atoms with E-state index in [1.807, 2.05) is 48.7 Å². The van der Waals surface area contributed by atoms with Gasteiger partial charge in [0.05, 0.1) is 10.6 Å². The summed E-state index contributed by atoms with van der Waals surface area (Å²) in [5.74, 6) is 0. The Bertz CT molecular complexity index is 1070. The maximum absolute atomic E-state index is 6.05. The van der Waals surface area contributed by atoms with E-state index in [1.165, 1.54) is 5.56 Å². The average molecular weight is 389 g/mol. The maximum Gasteiger partial charge on any atom is 0.210 e. The Labute approximate surface area is 167 Å². The van der Waals surface area contributed by atoms with Crippen LogP contribution in [0.5, 0.6) is 0 Å². The molecule has 0 aliphatic rings. The van der Waals surface area contributed by atoms with Crippen LogP contribution < -0.4 is 0 Å². The van der Waals surface area contributed by atoms with Crippen LogP contribution in [0.3, 0.4) is 0 Å². The number of benzene rings is 3. The van der Waals surface area contributed by atoms with E-state index in [0.717, 1.165) is 32.4 Å². The highest BCUT2D eigenvalue weighted by Gasteiger charge is 2.14. The lowest BCUT2D eigenvalue weighted by Crippen LogP contribution is -1.82. The fourth-order valence-corrected chi connectivity index (χ4v) is 3.80. The van der Waals surface area contributed by atoms with Gasteiger partial charge in [-0.25, -0.2) is 9.98 Å². The summed E-state index contributed by atoms with van der Waals surface area (Å²) in [5, 5.41) is 1.45. The Kier molecular flexibility index (Phi) is 5.14. The van der Waals surface area contributed by atoms with Gasteiger partial charge < -0.3 is 0 Å². The molecule has 0 radical (unpaired) electrons. The highest BCUT2D eigenvalue weighted by Crippen LogP contribution is 2.40. The number of thiazole rings is 1. The molecule has 3 aromatic carbocycles. The van der Waals surface area contributed by atoms with E-state index < -0.39 is 0 Å². The number of aromatic nitrogens is 1. The van der Waals surface area contributed by atoms with Crippen LogP contribution in [0.25, 0.3) is 21.7 Å². The monoisotopic (exact) mass is 388 g/mol. The number of aliphatic imine (C=N–C) groups is 1. The van der Waals surface area contributed by atoms with Gasteiger partial charge in [-0.15, -0.1) is 0 Å². The summed E-state index contributed by atoms with van der Waals surface area (Å²) in [6, 6.07) is 26.3. The van der Waals surface area contributed by atoms with Crippen molar-refractivity contribution in [3.63, 3.8) is 0 Å². The van der Waals surface area contributed by atoms with Crippen LogP contribution in [0, 0.1) is 6.92 Å². The van der Waals surface area contributed by atoms with Crippen LogP contribution in [-0.4, -0.2) is 11.2 Å². The number of hydrogen-bond donors (Lipinski definition) is 0. The molecule has 0 amide bonds. The van der Waals surface area contributed by atoms with E-state index in [4.69, 9.17) is 16.6 Å². The summed E-state index contributed by atoms with van der Waals surface area (Å²) in [5.41, 5.74) is 5.39. The third-order valence-corrected chi connectivity index (χ3v) is 5.44. The Balaban J connectivity index is 1.75. The molecule has 1 aromatic heterocycles. The minimum Gasteiger partial charge on any atom is -0.227 e. The van der Waals surface area contributed by atoms with Crippen LogP contribution in [0.2, 0.25) is 5.02 Å². The van der Waals surface area contributed by atoms with Crippen LogP contribution in [-0.2, 0) is 0 Å². The van der Waals surface area contributed by atoms with E-state index in [9.17, 15) is 0 Å². The predicted molar refractivity (Wildman–Crippen MR) is 116 cm³/mol. The number of halogens is 1. The second-order valence-corrected chi connectivity index (χ2v) is 7.63. The van der Waals surface area contributed by atoms with Gasteiger partial charge in [-0.3, -0.25) is 0 Å². The molecule has 1 heterocycles. The third kappa shape index (κ3) is 4.16.